The Morgan fingerprint density at radius 1 is 1.62 bits per heavy atom. The molecule has 1 N–H and O–H groups in total. The van der Waals surface area contributed by atoms with E-state index >= 15 is 0 Å². The molecule has 0 amide bonds. The Bertz CT molecular complexity index is 472. The summed E-state index contributed by atoms with van der Waals surface area (Å²) >= 11 is 0. The second-order valence-corrected chi connectivity index (χ2v) is 4.11. The van der Waals surface area contributed by atoms with Crippen molar-refractivity contribution in [2.75, 3.05) is 0 Å². The number of rotatable bonds is 3. The van der Waals surface area contributed by atoms with E-state index < -0.39 is 0 Å². The normalized spacial score (nSPS) is 11.6. The minimum absolute atomic E-state index is 0.271. The summed E-state index contributed by atoms with van der Waals surface area (Å²) in [5.41, 5.74) is 1.88. The zero-order valence-electron chi connectivity index (χ0n) is 10.1. The first-order valence-corrected chi connectivity index (χ1v) is 5.16. The zero-order chi connectivity index (χ0) is 12.3. The number of nitrogens with zero attached hydrogens (tertiary/aromatic N) is 3. The molecule has 0 aromatic carbocycles. The number of allylic oxidation sites excluding steroid dienone is 2. The summed E-state index contributed by atoms with van der Waals surface area (Å²) in [5, 5.41) is 16.3. The van der Waals surface area contributed by atoms with Crippen molar-refractivity contribution >= 4 is 11.3 Å². The van der Waals surface area contributed by atoms with Gasteiger partial charge in [-0.3, -0.25) is 0 Å². The van der Waals surface area contributed by atoms with Crippen molar-refractivity contribution in [2.24, 2.45) is 13.0 Å². The molecule has 0 fully saturated rings. The van der Waals surface area contributed by atoms with Crippen LogP contribution in [0.2, 0.25) is 0 Å². The molecule has 0 aliphatic heterocycles. The van der Waals surface area contributed by atoms with Crippen molar-refractivity contribution in [3.63, 3.8) is 0 Å². The van der Waals surface area contributed by atoms with Crippen molar-refractivity contribution in [3.05, 3.63) is 23.8 Å². The van der Waals surface area contributed by atoms with Crippen LogP contribution in [0.15, 0.2) is 12.3 Å². The first-order valence-electron chi connectivity index (χ1n) is 5.16. The number of imidazole rings is 1. The summed E-state index contributed by atoms with van der Waals surface area (Å²) in [4.78, 5) is 4.24. The summed E-state index contributed by atoms with van der Waals surface area (Å²) < 4.78 is 1.83. The molecule has 0 saturated carbocycles. The highest BCUT2D eigenvalue weighted by Crippen LogP contribution is 2.21. The number of hydrogen-bond donors (Lipinski definition) is 1. The molecule has 4 heteroatoms. The molecular formula is C12H16N4. The molecule has 0 aliphatic rings. The second-order valence-electron chi connectivity index (χ2n) is 4.11. The van der Waals surface area contributed by atoms with Crippen LogP contribution in [-0.2, 0) is 7.05 Å². The van der Waals surface area contributed by atoms with Gasteiger partial charge in [0.15, 0.2) is 5.69 Å². The third kappa shape index (κ3) is 2.57. The van der Waals surface area contributed by atoms with Gasteiger partial charge in [-0.2, -0.15) is 5.26 Å². The summed E-state index contributed by atoms with van der Waals surface area (Å²) in [6.45, 7) is 5.83. The fourth-order valence-corrected chi connectivity index (χ4v) is 1.51. The van der Waals surface area contributed by atoms with E-state index in [1.165, 1.54) is 0 Å². The summed E-state index contributed by atoms with van der Waals surface area (Å²) in [6, 6.07) is 2.02. The SMILES string of the molecule is CC(=N)/C=C(\c1nc(C#N)cn1C)C(C)C. The quantitative estimate of drug-likeness (QED) is 0.788. The average molecular weight is 216 g/mol. The molecule has 0 radical (unpaired) electrons. The molecule has 0 atom stereocenters. The van der Waals surface area contributed by atoms with Crippen molar-refractivity contribution in [2.45, 2.75) is 20.8 Å². The van der Waals surface area contributed by atoms with E-state index in [-0.39, 0.29) is 5.92 Å². The van der Waals surface area contributed by atoms with Crippen LogP contribution in [0.5, 0.6) is 0 Å². The third-order valence-electron chi connectivity index (χ3n) is 2.24. The molecular weight excluding hydrogens is 200 g/mol. The van der Waals surface area contributed by atoms with Crippen LogP contribution in [0, 0.1) is 22.7 Å². The van der Waals surface area contributed by atoms with Crippen molar-refractivity contribution in [1.29, 1.82) is 10.7 Å². The lowest BCUT2D eigenvalue weighted by Crippen LogP contribution is -2.03. The first-order chi connectivity index (χ1) is 7.45. The highest BCUT2D eigenvalue weighted by Gasteiger charge is 2.13. The molecule has 4 nitrogen and oxygen atoms in total. The maximum atomic E-state index is 8.79. The molecule has 16 heavy (non-hydrogen) atoms. The molecule has 1 aromatic rings. The Morgan fingerprint density at radius 3 is 2.62 bits per heavy atom. The van der Waals surface area contributed by atoms with E-state index in [0.29, 0.717) is 11.4 Å². The summed E-state index contributed by atoms with van der Waals surface area (Å²) in [5.74, 6) is 1.03. The Morgan fingerprint density at radius 2 is 2.25 bits per heavy atom. The van der Waals surface area contributed by atoms with Gasteiger partial charge in [-0.05, 0) is 24.5 Å². The highest BCUT2D eigenvalue weighted by molar-refractivity contribution is 5.96. The van der Waals surface area contributed by atoms with Gasteiger partial charge in [0.2, 0.25) is 0 Å². The topological polar surface area (TPSA) is 65.5 Å². The van der Waals surface area contributed by atoms with Gasteiger partial charge in [0.1, 0.15) is 11.9 Å². The number of aromatic nitrogens is 2. The van der Waals surface area contributed by atoms with Crippen LogP contribution in [0.1, 0.15) is 32.3 Å². The Hall–Kier alpha value is -1.89. The van der Waals surface area contributed by atoms with Gasteiger partial charge in [-0.25, -0.2) is 4.98 Å². The molecule has 0 spiro atoms. The van der Waals surface area contributed by atoms with Crippen molar-refractivity contribution in [3.8, 4) is 6.07 Å². The van der Waals surface area contributed by atoms with Crippen molar-refractivity contribution < 1.29 is 0 Å². The summed E-state index contributed by atoms with van der Waals surface area (Å²) in [7, 11) is 1.86. The molecule has 1 rings (SSSR count). The van der Waals surface area contributed by atoms with Gasteiger partial charge in [0, 0.05) is 19.0 Å². The Balaban J connectivity index is 3.27. The van der Waals surface area contributed by atoms with Gasteiger partial charge in [-0.15, -0.1) is 0 Å². The maximum Gasteiger partial charge on any atom is 0.159 e. The largest absolute Gasteiger partial charge is 0.333 e. The molecule has 0 unspecified atom stereocenters. The van der Waals surface area contributed by atoms with Crippen LogP contribution >= 0.6 is 0 Å². The van der Waals surface area contributed by atoms with Crippen LogP contribution in [0.25, 0.3) is 5.57 Å². The van der Waals surface area contributed by atoms with E-state index in [0.717, 1.165) is 11.4 Å². The predicted octanol–water partition coefficient (Wildman–Crippen LogP) is 2.37. The van der Waals surface area contributed by atoms with E-state index in [1.54, 1.807) is 19.2 Å². The van der Waals surface area contributed by atoms with E-state index in [1.807, 2.05) is 17.7 Å². The van der Waals surface area contributed by atoms with Gasteiger partial charge in [0.05, 0.1) is 0 Å². The number of nitriles is 1. The standard InChI is InChI=1S/C12H16N4/c1-8(2)11(5-9(3)14)12-15-10(6-13)7-16(12)4/h5,7-8,14H,1-4H3/b11-5-,14-9?. The van der Waals surface area contributed by atoms with E-state index in [4.69, 9.17) is 10.7 Å². The predicted molar refractivity (Wildman–Crippen MR) is 64.1 cm³/mol. The van der Waals surface area contributed by atoms with Crippen LogP contribution < -0.4 is 0 Å². The minimum Gasteiger partial charge on any atom is -0.333 e. The Kier molecular flexibility index (Phi) is 3.62. The number of nitrogens with one attached hydrogen (secondary N) is 1. The lowest BCUT2D eigenvalue weighted by molar-refractivity contribution is 0.805. The smallest absolute Gasteiger partial charge is 0.159 e. The minimum atomic E-state index is 0.271. The fourth-order valence-electron chi connectivity index (χ4n) is 1.51. The van der Waals surface area contributed by atoms with Crippen molar-refractivity contribution in [1.82, 2.24) is 9.55 Å². The molecule has 84 valence electrons. The fraction of sp³-hybridized carbons (Fsp3) is 0.417. The average Bonchev–Trinajstić information content (AvgIpc) is 2.55. The van der Waals surface area contributed by atoms with Crippen LogP contribution in [0.3, 0.4) is 0 Å². The van der Waals surface area contributed by atoms with Gasteiger partial charge in [-0.1, -0.05) is 13.8 Å². The molecule has 1 aromatic heterocycles. The molecule has 1 heterocycles. The van der Waals surface area contributed by atoms with Gasteiger partial charge in [0.25, 0.3) is 0 Å². The summed E-state index contributed by atoms with van der Waals surface area (Å²) in [6.07, 6.45) is 3.50. The number of hydrogen-bond acceptors (Lipinski definition) is 3. The lowest BCUT2D eigenvalue weighted by Gasteiger charge is -2.10. The van der Waals surface area contributed by atoms with E-state index in [9.17, 15) is 0 Å². The van der Waals surface area contributed by atoms with Crippen LogP contribution in [-0.4, -0.2) is 15.3 Å². The monoisotopic (exact) mass is 216 g/mol. The third-order valence-corrected chi connectivity index (χ3v) is 2.24. The molecule has 0 bridgehead atoms. The first kappa shape index (κ1) is 12.2. The highest BCUT2D eigenvalue weighted by atomic mass is 15.0. The van der Waals surface area contributed by atoms with Crippen LogP contribution in [0.4, 0.5) is 0 Å². The molecule has 0 saturated heterocycles. The maximum absolute atomic E-state index is 8.79. The zero-order valence-corrected chi connectivity index (χ0v) is 10.1. The van der Waals surface area contributed by atoms with Gasteiger partial charge >= 0.3 is 0 Å². The second kappa shape index (κ2) is 4.75. The van der Waals surface area contributed by atoms with Gasteiger partial charge < -0.3 is 9.98 Å². The number of aryl methyl sites for hydroxylation is 1. The lowest BCUT2D eigenvalue weighted by atomic mass is 10.0. The Labute approximate surface area is 95.7 Å². The molecule has 0 aliphatic carbocycles. The van der Waals surface area contributed by atoms with E-state index in [2.05, 4.69) is 18.8 Å².